The number of carbonyl (C=O) groups is 1. The first-order valence-electron chi connectivity index (χ1n) is 7.72. The van der Waals surface area contributed by atoms with Gasteiger partial charge in [0.1, 0.15) is 4.32 Å². The molecule has 0 N–H and O–H groups in total. The van der Waals surface area contributed by atoms with E-state index < -0.39 is 0 Å². The Morgan fingerprint density at radius 2 is 2.25 bits per heavy atom. The molecule has 1 amide bonds. The lowest BCUT2D eigenvalue weighted by Crippen LogP contribution is -2.35. The van der Waals surface area contributed by atoms with E-state index in [0.29, 0.717) is 27.3 Å². The van der Waals surface area contributed by atoms with E-state index in [-0.39, 0.29) is 12.0 Å². The second kappa shape index (κ2) is 7.55. The maximum atomic E-state index is 12.7. The molecule has 24 heavy (non-hydrogen) atoms. The Hall–Kier alpha value is -1.57. The van der Waals surface area contributed by atoms with E-state index in [0.717, 1.165) is 25.0 Å². The molecule has 2 heterocycles. The summed E-state index contributed by atoms with van der Waals surface area (Å²) in [6.07, 6.45) is 3.89. The lowest BCUT2D eigenvalue weighted by Gasteiger charge is -2.18. The van der Waals surface area contributed by atoms with Crippen molar-refractivity contribution in [2.24, 2.45) is 0 Å². The van der Waals surface area contributed by atoms with Crippen LogP contribution in [0, 0.1) is 0 Å². The monoisotopic (exact) mass is 365 g/mol. The summed E-state index contributed by atoms with van der Waals surface area (Å²) >= 11 is 6.68. The molecule has 3 rings (SSSR count). The van der Waals surface area contributed by atoms with Gasteiger partial charge in [-0.05, 0) is 25.0 Å². The van der Waals surface area contributed by atoms with Gasteiger partial charge in [0.25, 0.3) is 5.91 Å². The molecule has 5 nitrogen and oxygen atoms in total. The largest absolute Gasteiger partial charge is 0.493 e. The summed E-state index contributed by atoms with van der Waals surface area (Å²) in [5.74, 6) is 1.15. The van der Waals surface area contributed by atoms with Crippen LogP contribution in [0.15, 0.2) is 23.1 Å². The van der Waals surface area contributed by atoms with Crippen LogP contribution in [0.3, 0.4) is 0 Å². The van der Waals surface area contributed by atoms with Crippen LogP contribution in [0.4, 0.5) is 0 Å². The fraction of sp³-hybridized carbons (Fsp3) is 0.412. The molecule has 1 aromatic rings. The Labute approximate surface area is 150 Å². The van der Waals surface area contributed by atoms with Gasteiger partial charge in [0.2, 0.25) is 0 Å². The highest BCUT2D eigenvalue weighted by Gasteiger charge is 2.34. The van der Waals surface area contributed by atoms with Crippen LogP contribution in [0.1, 0.15) is 18.4 Å². The van der Waals surface area contributed by atoms with E-state index in [9.17, 15) is 4.79 Å². The quantitative estimate of drug-likeness (QED) is 0.590. The van der Waals surface area contributed by atoms with Gasteiger partial charge in [-0.15, -0.1) is 0 Å². The van der Waals surface area contributed by atoms with Crippen molar-refractivity contribution in [2.45, 2.75) is 18.9 Å². The minimum Gasteiger partial charge on any atom is -0.493 e. The Bertz CT molecular complexity index is 683. The van der Waals surface area contributed by atoms with E-state index >= 15 is 0 Å². The molecular weight excluding hydrogens is 346 g/mol. The Balaban J connectivity index is 1.83. The number of para-hydroxylation sites is 1. The van der Waals surface area contributed by atoms with Gasteiger partial charge >= 0.3 is 0 Å². The molecule has 0 aliphatic carbocycles. The van der Waals surface area contributed by atoms with Crippen LogP contribution in [-0.2, 0) is 9.53 Å². The SMILES string of the molecule is COc1cccc(/C=C2\SC(=S)N(C[C@@H]3CCCO3)C2=O)c1OC. The summed E-state index contributed by atoms with van der Waals surface area (Å²) in [5.41, 5.74) is 0.787. The number of ether oxygens (including phenoxy) is 3. The molecule has 2 fully saturated rings. The predicted molar refractivity (Wildman–Crippen MR) is 98.4 cm³/mol. The summed E-state index contributed by atoms with van der Waals surface area (Å²) in [6.45, 7) is 1.29. The molecule has 128 valence electrons. The zero-order chi connectivity index (χ0) is 17.1. The topological polar surface area (TPSA) is 48.0 Å². The van der Waals surface area contributed by atoms with Gasteiger partial charge < -0.3 is 14.2 Å². The standard InChI is InChI=1S/C17H19NO4S2/c1-20-13-7-3-5-11(15(13)21-2)9-14-16(19)18(17(23)24-14)10-12-6-4-8-22-12/h3,5,7,9,12H,4,6,8,10H2,1-2H3/b14-9-/t12-/m0/s1. The number of hydrogen-bond acceptors (Lipinski definition) is 6. The molecule has 2 aliphatic rings. The summed E-state index contributed by atoms with van der Waals surface area (Å²) < 4.78 is 16.9. The van der Waals surface area contributed by atoms with Gasteiger partial charge in [0.15, 0.2) is 11.5 Å². The summed E-state index contributed by atoms with van der Waals surface area (Å²) in [4.78, 5) is 14.9. The van der Waals surface area contributed by atoms with Crippen LogP contribution in [0.25, 0.3) is 6.08 Å². The summed E-state index contributed by atoms with van der Waals surface area (Å²) in [7, 11) is 3.17. The Morgan fingerprint density at radius 1 is 1.42 bits per heavy atom. The lowest BCUT2D eigenvalue weighted by molar-refractivity contribution is -0.123. The van der Waals surface area contributed by atoms with Crippen molar-refractivity contribution in [3.63, 3.8) is 0 Å². The number of amides is 1. The van der Waals surface area contributed by atoms with E-state index in [2.05, 4.69) is 0 Å². The van der Waals surface area contributed by atoms with Crippen LogP contribution < -0.4 is 9.47 Å². The van der Waals surface area contributed by atoms with Gasteiger partial charge in [0, 0.05) is 12.2 Å². The number of carbonyl (C=O) groups excluding carboxylic acids is 1. The molecule has 0 radical (unpaired) electrons. The van der Waals surface area contributed by atoms with Crippen molar-refractivity contribution in [3.8, 4) is 11.5 Å². The molecule has 1 aromatic carbocycles. The second-order valence-electron chi connectivity index (χ2n) is 5.51. The zero-order valence-corrected chi connectivity index (χ0v) is 15.2. The third kappa shape index (κ3) is 3.43. The van der Waals surface area contributed by atoms with Crippen LogP contribution in [-0.4, -0.2) is 48.6 Å². The Morgan fingerprint density at radius 3 is 2.92 bits per heavy atom. The fourth-order valence-corrected chi connectivity index (χ4v) is 4.08. The molecule has 0 bridgehead atoms. The number of benzene rings is 1. The number of hydrogen-bond donors (Lipinski definition) is 0. The van der Waals surface area contributed by atoms with Gasteiger partial charge in [-0.2, -0.15) is 0 Å². The van der Waals surface area contributed by atoms with E-state index in [4.69, 9.17) is 26.4 Å². The zero-order valence-electron chi connectivity index (χ0n) is 13.6. The van der Waals surface area contributed by atoms with E-state index in [1.165, 1.54) is 11.8 Å². The first-order valence-corrected chi connectivity index (χ1v) is 8.94. The van der Waals surface area contributed by atoms with Crippen LogP contribution in [0.2, 0.25) is 0 Å². The number of rotatable bonds is 5. The molecule has 0 unspecified atom stereocenters. The van der Waals surface area contributed by atoms with Crippen molar-refractivity contribution >= 4 is 40.3 Å². The number of thiocarbonyl (C=S) groups is 1. The van der Waals surface area contributed by atoms with Crippen molar-refractivity contribution in [1.82, 2.24) is 4.90 Å². The normalized spacial score (nSPS) is 22.5. The van der Waals surface area contributed by atoms with E-state index in [1.54, 1.807) is 25.2 Å². The molecule has 2 saturated heterocycles. The molecule has 1 atom stereocenters. The highest BCUT2D eigenvalue weighted by Crippen LogP contribution is 2.37. The van der Waals surface area contributed by atoms with Crippen molar-refractivity contribution in [1.29, 1.82) is 0 Å². The minimum absolute atomic E-state index is 0.0784. The van der Waals surface area contributed by atoms with Gasteiger partial charge in [-0.3, -0.25) is 9.69 Å². The van der Waals surface area contributed by atoms with Gasteiger partial charge in [0.05, 0.1) is 31.8 Å². The highest BCUT2D eigenvalue weighted by atomic mass is 32.2. The van der Waals surface area contributed by atoms with Crippen LogP contribution >= 0.6 is 24.0 Å². The summed E-state index contributed by atoms with van der Waals surface area (Å²) in [6, 6.07) is 5.56. The van der Waals surface area contributed by atoms with Gasteiger partial charge in [-0.1, -0.05) is 36.1 Å². The molecule has 2 aliphatic heterocycles. The summed E-state index contributed by atoms with van der Waals surface area (Å²) in [5, 5.41) is 0. The maximum absolute atomic E-state index is 12.7. The van der Waals surface area contributed by atoms with E-state index in [1.807, 2.05) is 18.2 Å². The van der Waals surface area contributed by atoms with Crippen molar-refractivity contribution in [2.75, 3.05) is 27.4 Å². The first-order chi connectivity index (χ1) is 11.6. The average molecular weight is 365 g/mol. The molecule has 0 saturated carbocycles. The van der Waals surface area contributed by atoms with Crippen LogP contribution in [0.5, 0.6) is 11.5 Å². The predicted octanol–water partition coefficient (Wildman–Crippen LogP) is 3.08. The average Bonchev–Trinajstić information content (AvgIpc) is 3.19. The second-order valence-corrected chi connectivity index (χ2v) is 7.19. The first kappa shape index (κ1) is 17.3. The highest BCUT2D eigenvalue weighted by molar-refractivity contribution is 8.26. The fourth-order valence-electron chi connectivity index (χ4n) is 2.82. The lowest BCUT2D eigenvalue weighted by atomic mass is 10.1. The Kier molecular flexibility index (Phi) is 5.43. The molecular formula is C17H19NO4S2. The molecule has 7 heteroatoms. The van der Waals surface area contributed by atoms with Crippen molar-refractivity contribution < 1.29 is 19.0 Å². The molecule has 0 aromatic heterocycles. The minimum atomic E-state index is -0.0784. The number of methoxy groups -OCH3 is 2. The smallest absolute Gasteiger partial charge is 0.266 e. The van der Waals surface area contributed by atoms with Crippen molar-refractivity contribution in [3.05, 3.63) is 28.7 Å². The maximum Gasteiger partial charge on any atom is 0.266 e. The number of nitrogens with zero attached hydrogens (tertiary/aromatic N) is 1. The third-order valence-corrected chi connectivity index (χ3v) is 5.38. The third-order valence-electron chi connectivity index (χ3n) is 4.00. The molecule has 0 spiro atoms. The van der Waals surface area contributed by atoms with Gasteiger partial charge in [-0.25, -0.2) is 0 Å². The number of thioether (sulfide) groups is 1.